The van der Waals surface area contributed by atoms with Gasteiger partial charge in [0.05, 0.1) is 20.3 Å². The number of anilines is 1. The number of fused-ring (bicyclic) bond motifs is 2. The van der Waals surface area contributed by atoms with Crippen molar-refractivity contribution in [3.05, 3.63) is 62.7 Å². The summed E-state index contributed by atoms with van der Waals surface area (Å²) < 4.78 is 55.7. The van der Waals surface area contributed by atoms with E-state index >= 15 is 0 Å². The molecule has 0 aliphatic carbocycles. The van der Waals surface area contributed by atoms with Crippen molar-refractivity contribution in [2.45, 2.75) is 26.4 Å². The molecule has 5 heterocycles. The van der Waals surface area contributed by atoms with Gasteiger partial charge in [0.1, 0.15) is 33.5 Å². The maximum atomic E-state index is 13.7. The molecular weight excluding hydrogens is 773 g/mol. The molecule has 0 atom stereocenters. The molecule has 3 aliphatic rings. The predicted octanol–water partition coefficient (Wildman–Crippen LogP) is -1.66. The number of allylic oxidation sites excluding steroid dienone is 1. The average molecular weight is 796 g/mol. The number of carbonyl (C=O) groups excluding carboxylic acids is 2. The highest BCUT2D eigenvalue weighted by molar-refractivity contribution is 7.85. The second-order valence-electron chi connectivity index (χ2n) is 11.2. The second-order valence-corrected chi connectivity index (χ2v) is 14.8. The summed E-state index contributed by atoms with van der Waals surface area (Å²) in [5, 5.41) is 28.3. The number of aliphatic carboxylic acids is 3. The molecule has 3 aromatic rings. The molecule has 2 aromatic heterocycles. The summed E-state index contributed by atoms with van der Waals surface area (Å²) in [6.45, 7) is -1.73. The van der Waals surface area contributed by atoms with E-state index in [0.29, 0.717) is 44.4 Å². The van der Waals surface area contributed by atoms with Crippen molar-refractivity contribution in [2.24, 2.45) is 0 Å². The summed E-state index contributed by atoms with van der Waals surface area (Å²) in [5.74, 6) is -6.39. The number of amides is 2. The van der Waals surface area contributed by atoms with Crippen LogP contribution in [0.4, 0.5) is 10.5 Å². The van der Waals surface area contributed by atoms with E-state index in [2.05, 4.69) is 0 Å². The number of carboxylic acid groups (broad SMARTS) is 3. The summed E-state index contributed by atoms with van der Waals surface area (Å²) in [6.07, 6.45) is -0.220. The molecule has 3 aliphatic heterocycles. The Bertz CT molecular complexity index is 2630. The number of hydrogen-bond acceptors (Lipinski definition) is 17. The first-order chi connectivity index (χ1) is 24.9. The highest BCUT2D eigenvalue weighted by Crippen LogP contribution is 2.48. The van der Waals surface area contributed by atoms with E-state index in [4.69, 9.17) is 24.1 Å². The topological polar surface area (TPSA) is 291 Å². The predicted molar refractivity (Wildman–Crippen MR) is 175 cm³/mol. The number of rotatable bonds is 11. The van der Waals surface area contributed by atoms with E-state index in [1.165, 1.54) is 19.1 Å². The minimum absolute atomic E-state index is 0.0410. The largest absolute Gasteiger partial charge is 0.748 e. The van der Waals surface area contributed by atoms with Crippen molar-refractivity contribution in [1.29, 1.82) is 0 Å². The summed E-state index contributed by atoms with van der Waals surface area (Å²) in [7, 11) is -4.57. The van der Waals surface area contributed by atoms with Crippen molar-refractivity contribution in [2.75, 3.05) is 30.5 Å². The fraction of sp³-hybridized carbons (Fsp3) is 0.276. The molecule has 6 rings (SSSR count). The molecule has 0 saturated carbocycles. The van der Waals surface area contributed by atoms with E-state index in [1.807, 2.05) is 0 Å². The molecule has 0 radical (unpaired) electrons. The first-order valence-electron chi connectivity index (χ1n) is 14.9. The lowest BCUT2D eigenvalue weighted by Crippen LogP contribution is -2.35. The fourth-order valence-corrected chi connectivity index (χ4v) is 8.29. The Morgan fingerprint density at radius 1 is 0.849 bits per heavy atom. The fourth-order valence-electron chi connectivity index (χ4n) is 5.41. The van der Waals surface area contributed by atoms with Crippen LogP contribution in [0, 0.1) is 9.20 Å². The molecule has 24 heteroatoms. The number of nitrogens with zero attached hydrogens (tertiary/aromatic N) is 4. The highest BCUT2D eigenvalue weighted by Gasteiger charge is 2.40. The summed E-state index contributed by atoms with van der Waals surface area (Å²) >= 11 is 1.03. The molecular formula is C29H23N4O17S3-. The van der Waals surface area contributed by atoms with Crippen LogP contribution >= 0.6 is 22.7 Å². The minimum Gasteiger partial charge on any atom is -0.748 e. The number of hydrogen-bond donors (Lipinski definition) is 3. The standard InChI is InChI=1S/C29H24N4O17S3/c1-12(26-30(3-2-4-53(44,45)46)13-6-15-16(48-11-47-15)7-14(13)49-26)5-17-23(40)31(8-18(34)35)28(51-17)22-25(42)32(9-19(36)37)27(52-22)21-24(41)33(10-20(38)39)29(43)50-21/h5-7H,2-4,8-11H2,1H3,(H,34,35)(H,36,37)(H,38,39)(H,44,45,46)/p-1/b17-5?,26-12?,27-21+,28-22+. The lowest BCUT2D eigenvalue weighted by molar-refractivity contribution is -0.140. The van der Waals surface area contributed by atoms with Crippen LogP contribution < -0.4 is 39.4 Å². The number of carbonyl (C=O) groups is 5. The van der Waals surface area contributed by atoms with Gasteiger partial charge in [-0.2, -0.15) is 0 Å². The van der Waals surface area contributed by atoms with Gasteiger partial charge >= 0.3 is 29.9 Å². The van der Waals surface area contributed by atoms with Crippen molar-refractivity contribution >= 4 is 80.2 Å². The first kappa shape index (κ1) is 36.8. The van der Waals surface area contributed by atoms with Crippen molar-refractivity contribution in [3.63, 3.8) is 0 Å². The zero-order valence-electron chi connectivity index (χ0n) is 26.8. The van der Waals surface area contributed by atoms with E-state index in [0.717, 1.165) is 4.57 Å². The van der Waals surface area contributed by atoms with Gasteiger partial charge in [0, 0.05) is 30.0 Å². The van der Waals surface area contributed by atoms with E-state index in [-0.39, 0.29) is 51.1 Å². The molecule has 0 bridgehead atoms. The second kappa shape index (κ2) is 13.9. The van der Waals surface area contributed by atoms with Gasteiger partial charge in [-0.05, 0) is 19.4 Å². The van der Waals surface area contributed by atoms with Crippen molar-refractivity contribution in [3.8, 4) is 17.2 Å². The van der Waals surface area contributed by atoms with Crippen LogP contribution in [-0.4, -0.2) is 97.9 Å². The summed E-state index contributed by atoms with van der Waals surface area (Å²) in [5.41, 5.74) is -1.35. The molecule has 280 valence electrons. The number of imide groups is 1. The number of benzene rings is 1. The molecule has 1 aromatic carbocycles. The molecule has 53 heavy (non-hydrogen) atoms. The van der Waals surface area contributed by atoms with Crippen molar-refractivity contribution < 1.29 is 71.2 Å². The van der Waals surface area contributed by atoms with Gasteiger partial charge in [-0.3, -0.25) is 37.9 Å². The molecule has 0 spiro atoms. The number of ether oxygens (including phenoxy) is 4. The zero-order valence-corrected chi connectivity index (χ0v) is 29.2. The highest BCUT2D eigenvalue weighted by atomic mass is 32.2. The average Bonchev–Trinajstić information content (AvgIpc) is 3.86. The van der Waals surface area contributed by atoms with Crippen LogP contribution in [0.25, 0.3) is 11.8 Å². The number of aromatic nitrogens is 2. The normalized spacial score (nSPS) is 18.0. The Labute approximate surface area is 301 Å². The van der Waals surface area contributed by atoms with E-state index in [1.54, 1.807) is 11.0 Å². The Kier molecular flexibility index (Phi) is 9.63. The first-order valence-corrected chi connectivity index (χ1v) is 18.1. The van der Waals surface area contributed by atoms with Gasteiger partial charge in [-0.15, -0.1) is 22.7 Å². The lowest BCUT2D eigenvalue weighted by atomic mass is 10.2. The van der Waals surface area contributed by atoms with E-state index < -0.39 is 91.5 Å². The SMILES string of the molecule is CC(C=c1s/c(=c2/s/c(=C3/OC(=O)N(CC(=O)O)C3=O)n(CC(=O)O)c2=O)n(CC(=O)O)c1=O)=C1Oc2cc3c(cc2N1CCCS(=O)(=O)[O-])OCO3. The van der Waals surface area contributed by atoms with Crippen LogP contribution in [0.5, 0.6) is 17.2 Å². The van der Waals surface area contributed by atoms with Crippen molar-refractivity contribution in [1.82, 2.24) is 14.0 Å². The third-order valence-corrected chi connectivity index (χ3v) is 10.8. The minimum atomic E-state index is -4.57. The Morgan fingerprint density at radius 3 is 2.09 bits per heavy atom. The monoisotopic (exact) mass is 795 g/mol. The number of cyclic esters (lactones) is 1. The van der Waals surface area contributed by atoms with Crippen LogP contribution in [0.15, 0.2) is 33.2 Å². The molecule has 1 saturated heterocycles. The molecule has 1 fully saturated rings. The van der Waals surface area contributed by atoms with Gasteiger partial charge in [0.2, 0.25) is 18.4 Å². The van der Waals surface area contributed by atoms with Gasteiger partial charge < -0.3 is 43.7 Å². The van der Waals surface area contributed by atoms with Crippen LogP contribution in [0.1, 0.15) is 13.3 Å². The smallest absolute Gasteiger partial charge is 0.423 e. The van der Waals surface area contributed by atoms with E-state index in [9.17, 15) is 56.7 Å². The Hall–Kier alpha value is -5.98. The third kappa shape index (κ3) is 7.24. The van der Waals surface area contributed by atoms with Crippen LogP contribution in [0.3, 0.4) is 0 Å². The maximum Gasteiger partial charge on any atom is 0.423 e. The van der Waals surface area contributed by atoms with Gasteiger partial charge in [0.25, 0.3) is 11.1 Å². The number of carboxylic acids is 3. The molecule has 3 N–H and O–H groups in total. The summed E-state index contributed by atoms with van der Waals surface area (Å²) in [4.78, 5) is 89.2. The van der Waals surface area contributed by atoms with Gasteiger partial charge in [-0.25, -0.2) is 18.1 Å². The third-order valence-electron chi connectivity index (χ3n) is 7.57. The Morgan fingerprint density at radius 2 is 1.47 bits per heavy atom. The Balaban J connectivity index is 1.57. The molecule has 21 nitrogen and oxygen atoms in total. The zero-order chi connectivity index (χ0) is 38.5. The summed E-state index contributed by atoms with van der Waals surface area (Å²) in [6, 6.07) is 3.11. The van der Waals surface area contributed by atoms with Gasteiger partial charge in [0.15, 0.2) is 17.2 Å². The number of thiazole rings is 2. The quantitative estimate of drug-likeness (QED) is 0.183. The lowest BCUT2D eigenvalue weighted by Gasteiger charge is -2.20. The van der Waals surface area contributed by atoms with Crippen LogP contribution in [0.2, 0.25) is 0 Å². The molecule has 0 unspecified atom stereocenters. The molecule has 2 amide bonds. The maximum absolute atomic E-state index is 13.7. The van der Waals surface area contributed by atoms with Gasteiger partial charge in [-0.1, -0.05) is 0 Å². The van der Waals surface area contributed by atoms with Crippen LogP contribution in [-0.2, 0) is 47.1 Å².